The van der Waals surface area contributed by atoms with Crippen molar-refractivity contribution in [2.75, 3.05) is 30.4 Å². The van der Waals surface area contributed by atoms with Crippen LogP contribution >= 0.6 is 0 Å². The lowest BCUT2D eigenvalue weighted by Gasteiger charge is -2.28. The Morgan fingerprint density at radius 1 is 1.29 bits per heavy atom. The van der Waals surface area contributed by atoms with Crippen molar-refractivity contribution in [2.24, 2.45) is 5.92 Å². The molecule has 114 valence electrons. The summed E-state index contributed by atoms with van der Waals surface area (Å²) < 4.78 is 0. The normalized spacial score (nSPS) is 22.5. The van der Waals surface area contributed by atoms with E-state index in [1.165, 1.54) is 32.1 Å². The Balaban J connectivity index is 1.76. The lowest BCUT2D eigenvalue weighted by Crippen LogP contribution is -2.27. The van der Waals surface area contributed by atoms with E-state index in [0.717, 1.165) is 29.4 Å². The maximum absolute atomic E-state index is 11.8. The molecule has 1 aromatic rings. The molecule has 1 aliphatic heterocycles. The van der Waals surface area contributed by atoms with Gasteiger partial charge in [-0.25, -0.2) is 0 Å². The number of aliphatic hydroxyl groups excluding tert-OH is 1. The fraction of sp³-hybridized carbons (Fsp3) is 0.588. The molecule has 0 aromatic heterocycles. The molecule has 1 N–H and O–H groups in total. The first-order valence-corrected chi connectivity index (χ1v) is 7.88. The van der Waals surface area contributed by atoms with Gasteiger partial charge >= 0.3 is 0 Å². The minimum absolute atomic E-state index is 0.239. The molecule has 1 heterocycles. The number of fused-ring (bicyclic) bond motifs is 1. The Morgan fingerprint density at radius 2 is 2.00 bits per heavy atom. The molecule has 0 saturated heterocycles. The number of hydrogen-bond acceptors (Lipinski definition) is 3. The number of amides is 1. The average molecular weight is 288 g/mol. The van der Waals surface area contributed by atoms with Crippen LogP contribution in [0.2, 0.25) is 0 Å². The van der Waals surface area contributed by atoms with E-state index in [9.17, 15) is 9.90 Å². The summed E-state index contributed by atoms with van der Waals surface area (Å²) in [7, 11) is 3.84. The summed E-state index contributed by atoms with van der Waals surface area (Å²) in [5.74, 6) is 0.541. The third-order valence-electron chi connectivity index (χ3n) is 4.93. The fourth-order valence-corrected chi connectivity index (χ4v) is 3.59. The van der Waals surface area contributed by atoms with Gasteiger partial charge in [-0.2, -0.15) is 0 Å². The van der Waals surface area contributed by atoms with Gasteiger partial charge in [-0.3, -0.25) is 4.79 Å². The monoisotopic (exact) mass is 288 g/mol. The van der Waals surface area contributed by atoms with Crippen molar-refractivity contribution >= 4 is 17.3 Å². The summed E-state index contributed by atoms with van der Waals surface area (Å²) in [6, 6.07) is 5.91. The molecule has 4 nitrogen and oxygen atoms in total. The van der Waals surface area contributed by atoms with Gasteiger partial charge in [-0.1, -0.05) is 25.3 Å². The highest BCUT2D eigenvalue weighted by Gasteiger charge is 2.33. The van der Waals surface area contributed by atoms with Crippen LogP contribution in [0, 0.1) is 5.92 Å². The van der Waals surface area contributed by atoms with Gasteiger partial charge in [0.05, 0.1) is 5.69 Å². The zero-order chi connectivity index (χ0) is 15.0. The van der Waals surface area contributed by atoms with Gasteiger partial charge in [-0.15, -0.1) is 0 Å². The van der Waals surface area contributed by atoms with E-state index in [0.29, 0.717) is 0 Å². The number of anilines is 2. The van der Waals surface area contributed by atoms with E-state index < -0.39 is 6.10 Å². The molecule has 1 unspecified atom stereocenters. The average Bonchev–Trinajstić information content (AvgIpc) is 2.73. The molecule has 1 saturated carbocycles. The van der Waals surface area contributed by atoms with Crippen molar-refractivity contribution in [1.82, 2.24) is 0 Å². The standard InChI is InChI=1S/C17H24N2O2/c1-18(11-12-6-4-3-5-7-12)13-8-9-14-15(10-13)19(2)17(21)16(14)20/h8-10,12,16,20H,3-7,11H2,1-2H3. The Bertz CT molecular complexity index is 538. The molecule has 1 amide bonds. The van der Waals surface area contributed by atoms with Crippen LogP contribution in [0.5, 0.6) is 0 Å². The van der Waals surface area contributed by atoms with Crippen molar-refractivity contribution < 1.29 is 9.90 Å². The van der Waals surface area contributed by atoms with Gasteiger partial charge in [0.25, 0.3) is 5.91 Å². The lowest BCUT2D eigenvalue weighted by molar-refractivity contribution is -0.125. The van der Waals surface area contributed by atoms with E-state index in [-0.39, 0.29) is 5.91 Å². The van der Waals surface area contributed by atoms with E-state index in [4.69, 9.17) is 0 Å². The molecule has 1 aliphatic carbocycles. The molecule has 21 heavy (non-hydrogen) atoms. The number of carbonyl (C=O) groups excluding carboxylic acids is 1. The summed E-state index contributed by atoms with van der Waals surface area (Å²) in [4.78, 5) is 15.7. The molecule has 3 rings (SSSR count). The number of rotatable bonds is 3. The van der Waals surface area contributed by atoms with E-state index >= 15 is 0 Å². The smallest absolute Gasteiger partial charge is 0.260 e. The molecular formula is C17H24N2O2. The quantitative estimate of drug-likeness (QED) is 0.930. The van der Waals surface area contributed by atoms with Crippen molar-refractivity contribution in [3.63, 3.8) is 0 Å². The largest absolute Gasteiger partial charge is 0.378 e. The highest BCUT2D eigenvalue weighted by atomic mass is 16.3. The molecule has 1 aromatic carbocycles. The SMILES string of the molecule is CN(CC1CCCCC1)c1ccc2c(c1)N(C)C(=O)C2O. The van der Waals surface area contributed by atoms with Crippen LogP contribution in [0.1, 0.15) is 43.8 Å². The van der Waals surface area contributed by atoms with Crippen LogP contribution in [0.25, 0.3) is 0 Å². The third kappa shape index (κ3) is 2.64. The lowest BCUT2D eigenvalue weighted by atomic mass is 9.89. The van der Waals surface area contributed by atoms with Gasteiger partial charge < -0.3 is 14.9 Å². The second-order valence-corrected chi connectivity index (χ2v) is 6.43. The number of benzene rings is 1. The molecule has 2 aliphatic rings. The molecule has 1 atom stereocenters. The maximum Gasteiger partial charge on any atom is 0.260 e. The van der Waals surface area contributed by atoms with Crippen LogP contribution in [0.3, 0.4) is 0 Å². The summed E-state index contributed by atoms with van der Waals surface area (Å²) in [5, 5.41) is 9.91. The van der Waals surface area contributed by atoms with Crippen molar-refractivity contribution in [3.05, 3.63) is 23.8 Å². The van der Waals surface area contributed by atoms with Gasteiger partial charge in [0.1, 0.15) is 0 Å². The molecule has 4 heteroatoms. The highest BCUT2D eigenvalue weighted by Crippen LogP contribution is 2.37. The summed E-state index contributed by atoms with van der Waals surface area (Å²) >= 11 is 0. The van der Waals surface area contributed by atoms with Crippen LogP contribution in [-0.2, 0) is 4.79 Å². The fourth-order valence-electron chi connectivity index (χ4n) is 3.59. The van der Waals surface area contributed by atoms with Crippen molar-refractivity contribution in [2.45, 2.75) is 38.2 Å². The van der Waals surface area contributed by atoms with Gasteiger partial charge in [0.15, 0.2) is 6.10 Å². The van der Waals surface area contributed by atoms with Gasteiger partial charge in [-0.05, 0) is 30.9 Å². The van der Waals surface area contributed by atoms with E-state index in [2.05, 4.69) is 11.9 Å². The van der Waals surface area contributed by atoms with E-state index in [1.54, 1.807) is 11.9 Å². The summed E-state index contributed by atoms with van der Waals surface area (Å²) in [6.07, 6.45) is 5.74. The predicted octanol–water partition coefficient (Wildman–Crippen LogP) is 2.71. The first kappa shape index (κ1) is 14.4. The number of likely N-dealkylation sites (N-methyl/N-ethyl adjacent to an activating group) is 1. The second-order valence-electron chi connectivity index (χ2n) is 6.43. The maximum atomic E-state index is 11.8. The van der Waals surface area contributed by atoms with Gasteiger partial charge in [0.2, 0.25) is 0 Å². The van der Waals surface area contributed by atoms with E-state index in [1.807, 2.05) is 18.2 Å². The van der Waals surface area contributed by atoms with Crippen LogP contribution in [0.15, 0.2) is 18.2 Å². The first-order valence-electron chi connectivity index (χ1n) is 7.88. The van der Waals surface area contributed by atoms with Crippen LogP contribution < -0.4 is 9.80 Å². The molecular weight excluding hydrogens is 264 g/mol. The first-order chi connectivity index (χ1) is 10.1. The van der Waals surface area contributed by atoms with Gasteiger partial charge in [0, 0.05) is 31.9 Å². The zero-order valence-electron chi connectivity index (χ0n) is 12.9. The Morgan fingerprint density at radius 3 is 2.71 bits per heavy atom. The number of aliphatic hydroxyl groups is 1. The number of nitrogens with zero attached hydrogens (tertiary/aromatic N) is 2. The van der Waals surface area contributed by atoms with Crippen molar-refractivity contribution in [3.8, 4) is 0 Å². The predicted molar refractivity (Wildman–Crippen MR) is 84.7 cm³/mol. The molecule has 0 spiro atoms. The Labute approximate surface area is 126 Å². The number of hydrogen-bond donors (Lipinski definition) is 1. The van der Waals surface area contributed by atoms with Crippen LogP contribution in [0.4, 0.5) is 11.4 Å². The third-order valence-corrected chi connectivity index (χ3v) is 4.93. The minimum Gasteiger partial charge on any atom is -0.378 e. The summed E-state index contributed by atoms with van der Waals surface area (Å²) in [6.45, 7) is 1.07. The Kier molecular flexibility index (Phi) is 3.89. The number of carbonyl (C=O) groups is 1. The molecule has 0 radical (unpaired) electrons. The zero-order valence-corrected chi connectivity index (χ0v) is 12.9. The topological polar surface area (TPSA) is 43.8 Å². The van der Waals surface area contributed by atoms with Crippen molar-refractivity contribution in [1.29, 1.82) is 0 Å². The summed E-state index contributed by atoms with van der Waals surface area (Å²) in [5.41, 5.74) is 2.67. The second kappa shape index (κ2) is 5.68. The molecule has 1 fully saturated rings. The Hall–Kier alpha value is -1.55. The molecule has 0 bridgehead atoms. The highest BCUT2D eigenvalue weighted by molar-refractivity contribution is 6.03. The van der Waals surface area contributed by atoms with Crippen LogP contribution in [-0.4, -0.2) is 31.7 Å². The minimum atomic E-state index is -0.997.